The Labute approximate surface area is 135 Å². The molecule has 0 radical (unpaired) electrons. The molecule has 24 heavy (non-hydrogen) atoms. The Bertz CT molecular complexity index is 744. The van der Waals surface area contributed by atoms with Crippen LogP contribution in [0.1, 0.15) is 23.0 Å². The molecule has 0 spiro atoms. The van der Waals surface area contributed by atoms with Crippen molar-refractivity contribution in [3.63, 3.8) is 0 Å². The van der Waals surface area contributed by atoms with E-state index < -0.39 is 11.7 Å². The van der Waals surface area contributed by atoms with Gasteiger partial charge in [0.2, 0.25) is 0 Å². The zero-order valence-corrected chi connectivity index (χ0v) is 12.8. The van der Waals surface area contributed by atoms with Crippen LogP contribution in [0.5, 0.6) is 0 Å². The Kier molecular flexibility index (Phi) is 4.27. The molecule has 128 valence electrons. The van der Waals surface area contributed by atoms with Crippen LogP contribution in [0.4, 0.5) is 13.2 Å². The van der Waals surface area contributed by atoms with Gasteiger partial charge in [-0.05, 0) is 19.1 Å². The van der Waals surface area contributed by atoms with Gasteiger partial charge in [-0.15, -0.1) is 5.10 Å². The lowest BCUT2D eigenvalue weighted by molar-refractivity contribution is -0.137. The van der Waals surface area contributed by atoms with Gasteiger partial charge in [-0.3, -0.25) is 4.79 Å². The molecule has 1 aliphatic heterocycles. The summed E-state index contributed by atoms with van der Waals surface area (Å²) in [6, 6.07) is 5.01. The van der Waals surface area contributed by atoms with E-state index in [0.717, 1.165) is 10.7 Å². The average molecular weight is 340 g/mol. The number of halogens is 3. The molecule has 0 bridgehead atoms. The lowest BCUT2D eigenvalue weighted by Crippen LogP contribution is -2.44. The molecule has 1 fully saturated rings. The van der Waals surface area contributed by atoms with Gasteiger partial charge in [-0.1, -0.05) is 17.3 Å². The first-order chi connectivity index (χ1) is 11.4. The number of carbonyl (C=O) groups excluding carboxylic acids is 1. The molecule has 1 saturated heterocycles. The van der Waals surface area contributed by atoms with Gasteiger partial charge in [0.05, 0.1) is 30.2 Å². The second kappa shape index (κ2) is 6.23. The van der Waals surface area contributed by atoms with Crippen molar-refractivity contribution in [2.24, 2.45) is 0 Å². The predicted octanol–water partition coefficient (Wildman–Crippen LogP) is 2.15. The summed E-state index contributed by atoms with van der Waals surface area (Å²) < 4.78 is 45.6. The van der Waals surface area contributed by atoms with E-state index in [1.807, 2.05) is 6.92 Å². The third kappa shape index (κ3) is 3.25. The molecule has 2 heterocycles. The van der Waals surface area contributed by atoms with Crippen molar-refractivity contribution in [2.75, 3.05) is 19.7 Å². The Morgan fingerprint density at radius 1 is 1.33 bits per heavy atom. The van der Waals surface area contributed by atoms with Crippen LogP contribution in [-0.2, 0) is 10.9 Å². The van der Waals surface area contributed by atoms with Gasteiger partial charge in [-0.2, -0.15) is 13.2 Å². The summed E-state index contributed by atoms with van der Waals surface area (Å²) in [5.41, 5.74) is -1.01. The molecule has 9 heteroatoms. The molecule has 3 rings (SSSR count). The van der Waals surface area contributed by atoms with E-state index in [-0.39, 0.29) is 23.4 Å². The molecule has 0 unspecified atom stereocenters. The van der Waals surface area contributed by atoms with Crippen molar-refractivity contribution in [1.82, 2.24) is 19.9 Å². The average Bonchev–Trinajstić information content (AvgIpc) is 3.03. The molecular formula is C15H15F3N4O2. The van der Waals surface area contributed by atoms with E-state index in [1.54, 1.807) is 4.90 Å². The molecule has 1 aromatic carbocycles. The van der Waals surface area contributed by atoms with Crippen LogP contribution in [0.2, 0.25) is 0 Å². The van der Waals surface area contributed by atoms with Crippen molar-refractivity contribution < 1.29 is 22.7 Å². The van der Waals surface area contributed by atoms with Crippen LogP contribution in [-0.4, -0.2) is 51.6 Å². The van der Waals surface area contributed by atoms with Gasteiger partial charge in [-0.25, -0.2) is 4.68 Å². The highest BCUT2D eigenvalue weighted by atomic mass is 19.4. The number of para-hydroxylation sites is 1. The van der Waals surface area contributed by atoms with E-state index in [4.69, 9.17) is 4.74 Å². The third-order valence-corrected chi connectivity index (χ3v) is 3.70. The maximum Gasteiger partial charge on any atom is 0.418 e. The van der Waals surface area contributed by atoms with Crippen LogP contribution in [0.25, 0.3) is 5.69 Å². The van der Waals surface area contributed by atoms with Gasteiger partial charge < -0.3 is 9.64 Å². The van der Waals surface area contributed by atoms with Gasteiger partial charge in [0.25, 0.3) is 5.91 Å². The van der Waals surface area contributed by atoms with Gasteiger partial charge in [0.1, 0.15) is 0 Å². The fraction of sp³-hybridized carbons (Fsp3) is 0.400. The second-order valence-electron chi connectivity index (χ2n) is 5.50. The Morgan fingerprint density at radius 2 is 2.08 bits per heavy atom. The fourth-order valence-corrected chi connectivity index (χ4v) is 2.56. The quantitative estimate of drug-likeness (QED) is 0.840. The molecule has 1 aliphatic rings. The van der Waals surface area contributed by atoms with E-state index in [0.29, 0.717) is 19.7 Å². The number of nitrogens with zero attached hydrogens (tertiary/aromatic N) is 4. The zero-order valence-electron chi connectivity index (χ0n) is 12.8. The van der Waals surface area contributed by atoms with E-state index in [1.165, 1.54) is 24.4 Å². The lowest BCUT2D eigenvalue weighted by atomic mass is 10.1. The van der Waals surface area contributed by atoms with Crippen LogP contribution in [0.15, 0.2) is 30.5 Å². The highest BCUT2D eigenvalue weighted by molar-refractivity contribution is 5.92. The smallest absolute Gasteiger partial charge is 0.375 e. The maximum atomic E-state index is 13.1. The number of morpholine rings is 1. The molecule has 0 N–H and O–H groups in total. The SMILES string of the molecule is C[C@@H]1CN(C(=O)c2cn(-c3ccccc3C(F)(F)F)nn2)CCO1. The van der Waals surface area contributed by atoms with E-state index in [2.05, 4.69) is 10.3 Å². The van der Waals surface area contributed by atoms with E-state index in [9.17, 15) is 18.0 Å². The van der Waals surface area contributed by atoms with Crippen molar-refractivity contribution in [2.45, 2.75) is 19.2 Å². The van der Waals surface area contributed by atoms with Crippen LogP contribution in [0.3, 0.4) is 0 Å². The number of aromatic nitrogens is 3. The summed E-state index contributed by atoms with van der Waals surface area (Å²) >= 11 is 0. The Balaban J connectivity index is 1.88. The minimum atomic E-state index is -4.52. The normalized spacial score (nSPS) is 18.7. The number of hydrogen-bond donors (Lipinski definition) is 0. The van der Waals surface area contributed by atoms with Crippen molar-refractivity contribution in [3.8, 4) is 5.69 Å². The number of carbonyl (C=O) groups is 1. The van der Waals surface area contributed by atoms with Crippen LogP contribution < -0.4 is 0 Å². The summed E-state index contributed by atoms with van der Waals surface area (Å²) in [6.45, 7) is 3.08. The second-order valence-corrected chi connectivity index (χ2v) is 5.50. The van der Waals surface area contributed by atoms with Gasteiger partial charge >= 0.3 is 6.18 Å². The first kappa shape index (κ1) is 16.4. The lowest BCUT2D eigenvalue weighted by Gasteiger charge is -2.30. The predicted molar refractivity (Wildman–Crippen MR) is 77.7 cm³/mol. The molecule has 6 nitrogen and oxygen atoms in total. The molecule has 2 aromatic rings. The number of rotatable bonds is 2. The largest absolute Gasteiger partial charge is 0.418 e. The van der Waals surface area contributed by atoms with Crippen molar-refractivity contribution in [1.29, 1.82) is 0 Å². The molecular weight excluding hydrogens is 325 g/mol. The molecule has 0 aliphatic carbocycles. The van der Waals surface area contributed by atoms with Crippen LogP contribution in [0, 0.1) is 0 Å². The third-order valence-electron chi connectivity index (χ3n) is 3.70. The molecule has 1 amide bonds. The fourth-order valence-electron chi connectivity index (χ4n) is 2.56. The summed E-state index contributed by atoms with van der Waals surface area (Å²) in [5, 5.41) is 7.41. The molecule has 0 saturated carbocycles. The standard InChI is InChI=1S/C15H15F3N4O2/c1-10-8-21(6-7-24-10)14(23)12-9-22(20-19-12)13-5-3-2-4-11(13)15(16,17)18/h2-5,9-10H,6-8H2,1H3/t10-/m1/s1. The topological polar surface area (TPSA) is 60.2 Å². The summed E-state index contributed by atoms with van der Waals surface area (Å²) in [6.07, 6.45) is -3.40. The van der Waals surface area contributed by atoms with Crippen molar-refractivity contribution >= 4 is 5.91 Å². The summed E-state index contributed by atoms with van der Waals surface area (Å²) in [7, 11) is 0. The zero-order chi connectivity index (χ0) is 17.3. The maximum absolute atomic E-state index is 13.1. The number of amides is 1. The first-order valence-electron chi connectivity index (χ1n) is 7.36. The monoisotopic (exact) mass is 340 g/mol. The Hall–Kier alpha value is -2.42. The van der Waals surface area contributed by atoms with Gasteiger partial charge in [0, 0.05) is 13.1 Å². The summed E-state index contributed by atoms with van der Waals surface area (Å²) in [4.78, 5) is 14.0. The first-order valence-corrected chi connectivity index (χ1v) is 7.36. The minimum absolute atomic E-state index is 0.000998. The van der Waals surface area contributed by atoms with E-state index >= 15 is 0 Å². The van der Waals surface area contributed by atoms with Crippen LogP contribution >= 0.6 is 0 Å². The number of benzene rings is 1. The Morgan fingerprint density at radius 3 is 2.79 bits per heavy atom. The summed E-state index contributed by atoms with van der Waals surface area (Å²) in [5.74, 6) is -0.374. The highest BCUT2D eigenvalue weighted by Crippen LogP contribution is 2.33. The highest BCUT2D eigenvalue weighted by Gasteiger charge is 2.34. The van der Waals surface area contributed by atoms with Crippen molar-refractivity contribution in [3.05, 3.63) is 41.7 Å². The number of hydrogen-bond acceptors (Lipinski definition) is 4. The minimum Gasteiger partial charge on any atom is -0.375 e. The number of alkyl halides is 3. The number of ether oxygens (including phenoxy) is 1. The molecule has 1 aromatic heterocycles. The molecule has 1 atom stereocenters. The van der Waals surface area contributed by atoms with Gasteiger partial charge in [0.15, 0.2) is 5.69 Å².